The van der Waals surface area contributed by atoms with Crippen LogP contribution < -0.4 is 0 Å². The summed E-state index contributed by atoms with van der Waals surface area (Å²) < 4.78 is 40.9. The second kappa shape index (κ2) is 6.82. The molecule has 1 aliphatic rings. The Morgan fingerprint density at radius 3 is 2.48 bits per heavy atom. The predicted octanol–water partition coefficient (Wildman–Crippen LogP) is 4.03. The third-order valence-corrected chi connectivity index (χ3v) is 6.40. The van der Waals surface area contributed by atoms with Crippen LogP contribution in [-0.4, -0.2) is 25.8 Å². The standard InChI is InChI=1S/C14H18Cl2FNO2S/c1-2-10-3-5-18(6-4-10)21(19,20)13-8-12(16)7-11(9-15)14(13)17/h7-8,10H,2-6,9H2,1H3. The summed E-state index contributed by atoms with van der Waals surface area (Å²) >= 11 is 11.5. The smallest absolute Gasteiger partial charge is 0.207 e. The largest absolute Gasteiger partial charge is 0.246 e. The Labute approximate surface area is 135 Å². The Morgan fingerprint density at radius 2 is 1.95 bits per heavy atom. The molecular formula is C14H18Cl2FNO2S. The van der Waals surface area contributed by atoms with E-state index in [1.54, 1.807) is 0 Å². The number of hydrogen-bond donors (Lipinski definition) is 0. The average Bonchev–Trinajstić information content (AvgIpc) is 2.49. The molecule has 0 amide bonds. The van der Waals surface area contributed by atoms with Crippen LogP contribution in [0, 0.1) is 11.7 Å². The molecule has 7 heteroatoms. The van der Waals surface area contributed by atoms with Gasteiger partial charge in [-0.05, 0) is 30.9 Å². The van der Waals surface area contributed by atoms with Gasteiger partial charge in [-0.15, -0.1) is 11.6 Å². The van der Waals surface area contributed by atoms with Crippen LogP contribution in [0.1, 0.15) is 31.7 Å². The third kappa shape index (κ3) is 3.52. The first kappa shape index (κ1) is 17.0. The van der Waals surface area contributed by atoms with Crippen LogP contribution in [0.4, 0.5) is 4.39 Å². The van der Waals surface area contributed by atoms with Crippen LogP contribution in [-0.2, 0) is 15.9 Å². The summed E-state index contributed by atoms with van der Waals surface area (Å²) in [4.78, 5) is -0.374. The van der Waals surface area contributed by atoms with E-state index in [1.807, 2.05) is 0 Å². The van der Waals surface area contributed by atoms with E-state index < -0.39 is 15.8 Å². The van der Waals surface area contributed by atoms with Gasteiger partial charge in [0.15, 0.2) is 0 Å². The lowest BCUT2D eigenvalue weighted by Gasteiger charge is -2.30. The van der Waals surface area contributed by atoms with Crippen LogP contribution >= 0.6 is 23.2 Å². The molecule has 118 valence electrons. The molecule has 21 heavy (non-hydrogen) atoms. The zero-order valence-corrected chi connectivity index (χ0v) is 14.1. The molecular weight excluding hydrogens is 336 g/mol. The molecule has 0 radical (unpaired) electrons. The molecule has 2 rings (SSSR count). The lowest BCUT2D eigenvalue weighted by molar-refractivity contribution is 0.268. The molecule has 0 unspecified atom stereocenters. The van der Waals surface area contributed by atoms with Crippen molar-refractivity contribution in [1.29, 1.82) is 0 Å². The molecule has 1 aliphatic heterocycles. The normalized spacial score (nSPS) is 18.1. The third-order valence-electron chi connectivity index (χ3n) is 3.99. The fourth-order valence-electron chi connectivity index (χ4n) is 2.60. The zero-order valence-electron chi connectivity index (χ0n) is 11.8. The minimum atomic E-state index is -3.86. The van der Waals surface area contributed by atoms with Gasteiger partial charge in [0.2, 0.25) is 10.0 Å². The highest BCUT2D eigenvalue weighted by molar-refractivity contribution is 7.89. The predicted molar refractivity (Wildman–Crippen MR) is 82.7 cm³/mol. The highest BCUT2D eigenvalue weighted by Crippen LogP contribution is 2.30. The summed E-state index contributed by atoms with van der Waals surface area (Å²) in [5.41, 5.74) is 0.103. The number of alkyl halides is 1. The van der Waals surface area contributed by atoms with Crippen molar-refractivity contribution in [3.8, 4) is 0 Å². The summed E-state index contributed by atoms with van der Waals surface area (Å²) in [6.07, 6.45) is 2.65. The summed E-state index contributed by atoms with van der Waals surface area (Å²) in [5.74, 6) is -0.376. The van der Waals surface area contributed by atoms with Crippen LogP contribution in [0.2, 0.25) is 5.02 Å². The summed E-state index contributed by atoms with van der Waals surface area (Å²) in [5, 5.41) is 0.175. The van der Waals surface area contributed by atoms with Crippen LogP contribution in [0.25, 0.3) is 0 Å². The van der Waals surface area contributed by atoms with Gasteiger partial charge in [0.25, 0.3) is 0 Å². The Kier molecular flexibility index (Phi) is 5.52. The molecule has 1 fully saturated rings. The zero-order chi connectivity index (χ0) is 15.6. The van der Waals surface area contributed by atoms with Gasteiger partial charge in [0.05, 0.1) is 5.88 Å². The summed E-state index contributed by atoms with van der Waals surface area (Å²) in [6, 6.07) is 2.51. The molecule has 1 aromatic carbocycles. The van der Waals surface area contributed by atoms with Crippen LogP contribution in [0.5, 0.6) is 0 Å². The average molecular weight is 354 g/mol. The molecule has 1 saturated heterocycles. The first-order chi connectivity index (χ1) is 9.90. The number of nitrogens with zero attached hydrogens (tertiary/aromatic N) is 1. The van der Waals surface area contributed by atoms with E-state index in [-0.39, 0.29) is 21.4 Å². The molecule has 0 aliphatic carbocycles. The SMILES string of the molecule is CCC1CCN(S(=O)(=O)c2cc(Cl)cc(CCl)c2F)CC1. The van der Waals surface area contributed by atoms with Gasteiger partial charge in [-0.2, -0.15) is 4.31 Å². The first-order valence-electron chi connectivity index (χ1n) is 6.94. The first-order valence-corrected chi connectivity index (χ1v) is 9.29. The molecule has 1 heterocycles. The van der Waals surface area contributed by atoms with Gasteiger partial charge in [-0.25, -0.2) is 12.8 Å². The molecule has 0 aromatic heterocycles. The lowest BCUT2D eigenvalue weighted by atomic mass is 9.96. The number of hydrogen-bond acceptors (Lipinski definition) is 2. The molecule has 0 spiro atoms. The summed E-state index contributed by atoms with van der Waals surface area (Å²) in [7, 11) is -3.86. The quantitative estimate of drug-likeness (QED) is 0.766. The molecule has 0 N–H and O–H groups in total. The Bertz CT molecular complexity index is 614. The Hall–Kier alpha value is -0.360. The second-order valence-electron chi connectivity index (χ2n) is 5.27. The topological polar surface area (TPSA) is 37.4 Å². The van der Waals surface area contributed by atoms with E-state index in [0.29, 0.717) is 19.0 Å². The van der Waals surface area contributed by atoms with Gasteiger partial charge in [0.1, 0.15) is 10.7 Å². The highest BCUT2D eigenvalue weighted by Gasteiger charge is 2.32. The maximum atomic E-state index is 14.3. The number of sulfonamides is 1. The van der Waals surface area contributed by atoms with Crippen LogP contribution in [0.15, 0.2) is 17.0 Å². The van der Waals surface area contributed by atoms with Gasteiger partial charge in [-0.3, -0.25) is 0 Å². The van der Waals surface area contributed by atoms with Crippen molar-refractivity contribution in [1.82, 2.24) is 4.31 Å². The van der Waals surface area contributed by atoms with Crippen molar-refractivity contribution < 1.29 is 12.8 Å². The molecule has 1 aromatic rings. The van der Waals surface area contributed by atoms with Crippen LogP contribution in [0.3, 0.4) is 0 Å². The van der Waals surface area contributed by atoms with E-state index in [2.05, 4.69) is 6.92 Å². The van der Waals surface area contributed by atoms with Gasteiger partial charge in [0, 0.05) is 23.7 Å². The highest BCUT2D eigenvalue weighted by atomic mass is 35.5. The van der Waals surface area contributed by atoms with Crippen molar-refractivity contribution >= 4 is 33.2 Å². The van der Waals surface area contributed by atoms with E-state index in [9.17, 15) is 12.8 Å². The number of rotatable bonds is 4. The Morgan fingerprint density at radius 1 is 1.33 bits per heavy atom. The second-order valence-corrected chi connectivity index (χ2v) is 7.88. The van der Waals surface area contributed by atoms with Crippen molar-refractivity contribution in [2.45, 2.75) is 37.0 Å². The monoisotopic (exact) mass is 353 g/mol. The lowest BCUT2D eigenvalue weighted by Crippen LogP contribution is -2.38. The fraction of sp³-hybridized carbons (Fsp3) is 0.571. The molecule has 0 saturated carbocycles. The van der Waals surface area contributed by atoms with E-state index >= 15 is 0 Å². The van der Waals surface area contributed by atoms with E-state index in [1.165, 1.54) is 10.4 Å². The molecule has 0 atom stereocenters. The fourth-order valence-corrected chi connectivity index (χ4v) is 4.70. The van der Waals surface area contributed by atoms with E-state index in [4.69, 9.17) is 23.2 Å². The maximum Gasteiger partial charge on any atom is 0.246 e. The number of piperidine rings is 1. The van der Waals surface area contributed by atoms with Gasteiger partial charge in [-0.1, -0.05) is 24.9 Å². The molecule has 3 nitrogen and oxygen atoms in total. The minimum Gasteiger partial charge on any atom is -0.207 e. The van der Waals surface area contributed by atoms with Crippen molar-refractivity contribution in [3.63, 3.8) is 0 Å². The van der Waals surface area contributed by atoms with Crippen molar-refractivity contribution in [3.05, 3.63) is 28.5 Å². The maximum absolute atomic E-state index is 14.3. The molecule has 0 bridgehead atoms. The van der Waals surface area contributed by atoms with E-state index in [0.717, 1.165) is 25.3 Å². The van der Waals surface area contributed by atoms with Gasteiger partial charge >= 0.3 is 0 Å². The number of halogens is 3. The van der Waals surface area contributed by atoms with Crippen molar-refractivity contribution in [2.24, 2.45) is 5.92 Å². The minimum absolute atomic E-state index is 0.103. The number of benzene rings is 1. The summed E-state index contributed by atoms with van der Waals surface area (Å²) in [6.45, 7) is 2.93. The van der Waals surface area contributed by atoms with Crippen molar-refractivity contribution in [2.75, 3.05) is 13.1 Å². The van der Waals surface area contributed by atoms with Gasteiger partial charge < -0.3 is 0 Å². The Balaban J connectivity index is 2.34.